The molecule has 0 aliphatic heterocycles. The number of unbranched alkanes of at least 4 members (excludes halogenated alkanes) is 2. The van der Waals surface area contributed by atoms with Crippen molar-refractivity contribution in [1.82, 2.24) is 0 Å². The van der Waals surface area contributed by atoms with Crippen LogP contribution in [0.4, 0.5) is 0 Å². The summed E-state index contributed by atoms with van der Waals surface area (Å²) in [6.45, 7) is 4.65. The Bertz CT molecular complexity index is 577. The third-order valence-electron chi connectivity index (χ3n) is 9.38. The maximum absolute atomic E-state index is 2.46. The Morgan fingerprint density at radius 2 is 1.36 bits per heavy atom. The minimum absolute atomic E-state index is 0.753. The summed E-state index contributed by atoms with van der Waals surface area (Å²) in [5.41, 5.74) is 4.69. The first-order chi connectivity index (χ1) is 13.7. The number of hydrogen-bond donors (Lipinski definition) is 0. The van der Waals surface area contributed by atoms with E-state index in [1.54, 1.807) is 44.1 Å². The molecule has 0 saturated heterocycles. The van der Waals surface area contributed by atoms with E-state index in [2.05, 4.69) is 38.1 Å². The van der Waals surface area contributed by atoms with Gasteiger partial charge >= 0.3 is 0 Å². The van der Waals surface area contributed by atoms with Crippen LogP contribution in [0.25, 0.3) is 0 Å². The predicted molar refractivity (Wildman–Crippen MR) is 122 cm³/mol. The fraction of sp³-hybridized carbons (Fsp3) is 0.786. The zero-order valence-corrected chi connectivity index (χ0v) is 18.8. The molecule has 0 N–H and O–H groups in total. The largest absolute Gasteiger partial charge is 0.0654 e. The molecule has 4 aliphatic carbocycles. The first-order valence-electron chi connectivity index (χ1n) is 12.8. The summed E-state index contributed by atoms with van der Waals surface area (Å²) in [6.07, 6.45) is 23.6. The van der Waals surface area contributed by atoms with Crippen LogP contribution in [-0.2, 0) is 6.42 Å². The van der Waals surface area contributed by atoms with Gasteiger partial charge in [0.05, 0.1) is 0 Å². The van der Waals surface area contributed by atoms with Gasteiger partial charge in [0.2, 0.25) is 0 Å². The highest BCUT2D eigenvalue weighted by molar-refractivity contribution is 5.26. The van der Waals surface area contributed by atoms with E-state index in [4.69, 9.17) is 0 Å². The molecule has 1 aromatic rings. The van der Waals surface area contributed by atoms with Crippen molar-refractivity contribution in [2.75, 3.05) is 0 Å². The third kappa shape index (κ3) is 4.22. The quantitative estimate of drug-likeness (QED) is 0.422. The highest BCUT2D eigenvalue weighted by Gasteiger charge is 2.51. The molecule has 0 atom stereocenters. The van der Waals surface area contributed by atoms with Gasteiger partial charge in [-0.25, -0.2) is 0 Å². The first kappa shape index (κ1) is 20.5. The Hall–Kier alpha value is -0.780. The van der Waals surface area contributed by atoms with Crippen LogP contribution in [-0.4, -0.2) is 0 Å². The Kier molecular flexibility index (Phi) is 6.53. The van der Waals surface area contributed by atoms with Gasteiger partial charge in [0.1, 0.15) is 0 Å². The average Bonchev–Trinajstić information content (AvgIpc) is 2.78. The first-order valence-corrected chi connectivity index (χ1v) is 12.8. The van der Waals surface area contributed by atoms with Crippen LogP contribution >= 0.6 is 0 Å². The van der Waals surface area contributed by atoms with E-state index in [-0.39, 0.29) is 0 Å². The molecule has 0 aromatic heterocycles. The Balaban J connectivity index is 1.30. The van der Waals surface area contributed by atoms with Gasteiger partial charge in [-0.1, -0.05) is 57.4 Å². The Morgan fingerprint density at radius 1 is 0.750 bits per heavy atom. The van der Waals surface area contributed by atoms with Gasteiger partial charge in [0.15, 0.2) is 0 Å². The van der Waals surface area contributed by atoms with Crippen molar-refractivity contribution < 1.29 is 0 Å². The highest BCUT2D eigenvalue weighted by Crippen LogP contribution is 2.63. The topological polar surface area (TPSA) is 0 Å². The summed E-state index contributed by atoms with van der Waals surface area (Å²) < 4.78 is 0. The van der Waals surface area contributed by atoms with Crippen LogP contribution in [0.5, 0.6) is 0 Å². The molecule has 1 aromatic carbocycles. The van der Waals surface area contributed by atoms with Gasteiger partial charge in [-0.3, -0.25) is 0 Å². The SMILES string of the molecule is CCCCc1ccc([C@H]2CC[C@H](C34CCC(CCCC)(CC3)CC4)CC2)cc1. The Morgan fingerprint density at radius 3 is 1.93 bits per heavy atom. The summed E-state index contributed by atoms with van der Waals surface area (Å²) in [4.78, 5) is 0. The van der Waals surface area contributed by atoms with Gasteiger partial charge < -0.3 is 0 Å². The third-order valence-corrected chi connectivity index (χ3v) is 9.38. The summed E-state index contributed by atoms with van der Waals surface area (Å²) >= 11 is 0. The number of benzene rings is 1. The number of aryl methyl sites for hydroxylation is 1. The maximum atomic E-state index is 2.46. The summed E-state index contributed by atoms with van der Waals surface area (Å²) in [7, 11) is 0. The van der Waals surface area contributed by atoms with Gasteiger partial charge in [-0.05, 0) is 117 Å². The molecule has 0 nitrogen and oxygen atoms in total. The molecule has 0 unspecified atom stereocenters. The summed E-state index contributed by atoms with van der Waals surface area (Å²) in [6, 6.07) is 9.73. The maximum Gasteiger partial charge on any atom is -0.0162 e. The molecule has 0 spiro atoms. The van der Waals surface area contributed by atoms with Crippen molar-refractivity contribution in [3.63, 3.8) is 0 Å². The van der Waals surface area contributed by atoms with Crippen LogP contribution < -0.4 is 0 Å². The van der Waals surface area contributed by atoms with E-state index in [1.807, 2.05) is 0 Å². The second-order valence-corrected chi connectivity index (χ2v) is 10.9. The van der Waals surface area contributed by atoms with E-state index >= 15 is 0 Å². The molecule has 4 saturated carbocycles. The summed E-state index contributed by atoms with van der Waals surface area (Å²) in [5, 5.41) is 0. The van der Waals surface area contributed by atoms with E-state index < -0.39 is 0 Å². The van der Waals surface area contributed by atoms with Crippen molar-refractivity contribution >= 4 is 0 Å². The predicted octanol–water partition coefficient (Wildman–Crippen LogP) is 8.83. The number of fused-ring (bicyclic) bond motifs is 3. The van der Waals surface area contributed by atoms with Crippen LogP contribution in [0.3, 0.4) is 0 Å². The second-order valence-electron chi connectivity index (χ2n) is 10.9. The zero-order chi connectivity index (χ0) is 19.5. The molecule has 5 rings (SSSR count). The van der Waals surface area contributed by atoms with E-state index in [0.29, 0.717) is 0 Å². The average molecular weight is 381 g/mol. The molecule has 156 valence electrons. The molecular formula is C28H44. The molecule has 28 heavy (non-hydrogen) atoms. The van der Waals surface area contributed by atoms with Crippen molar-refractivity contribution in [3.05, 3.63) is 35.4 Å². The fourth-order valence-corrected chi connectivity index (χ4v) is 7.21. The van der Waals surface area contributed by atoms with E-state index in [1.165, 1.54) is 69.8 Å². The molecular weight excluding hydrogens is 336 g/mol. The monoisotopic (exact) mass is 380 g/mol. The highest BCUT2D eigenvalue weighted by atomic mass is 14.6. The fourth-order valence-electron chi connectivity index (χ4n) is 7.21. The van der Waals surface area contributed by atoms with Crippen molar-refractivity contribution in [3.8, 4) is 0 Å². The molecule has 4 aliphatic rings. The van der Waals surface area contributed by atoms with Crippen molar-refractivity contribution in [1.29, 1.82) is 0 Å². The molecule has 0 heterocycles. The van der Waals surface area contributed by atoms with Crippen LogP contribution in [0, 0.1) is 16.7 Å². The standard InChI is InChI=1S/C28H44/c1-3-5-7-23-8-10-24(11-9-23)25-12-14-26(15-13-25)28-20-17-27(18-21-28,19-22-28)16-6-4-2/h8-11,25-26H,3-7,12-22H2,1-2H3/t25-,26-,27?,28?. The normalized spacial score (nSPS) is 35.2. The van der Waals surface area contributed by atoms with Crippen molar-refractivity contribution in [2.24, 2.45) is 16.7 Å². The van der Waals surface area contributed by atoms with E-state index in [9.17, 15) is 0 Å². The lowest BCUT2D eigenvalue weighted by Crippen LogP contribution is -2.46. The van der Waals surface area contributed by atoms with Crippen LogP contribution in [0.1, 0.15) is 127 Å². The van der Waals surface area contributed by atoms with Gasteiger partial charge in [-0.15, -0.1) is 0 Å². The lowest BCUT2D eigenvalue weighted by atomic mass is 9.47. The molecule has 0 heteroatoms. The lowest BCUT2D eigenvalue weighted by molar-refractivity contribution is -0.0629. The minimum atomic E-state index is 0.753. The molecule has 0 radical (unpaired) electrons. The van der Waals surface area contributed by atoms with Gasteiger partial charge in [0, 0.05) is 0 Å². The zero-order valence-electron chi connectivity index (χ0n) is 18.8. The number of rotatable bonds is 8. The smallest absolute Gasteiger partial charge is 0.0162 e. The van der Waals surface area contributed by atoms with Gasteiger partial charge in [0.25, 0.3) is 0 Å². The van der Waals surface area contributed by atoms with Crippen LogP contribution in [0.15, 0.2) is 24.3 Å². The van der Waals surface area contributed by atoms with Crippen LogP contribution in [0.2, 0.25) is 0 Å². The second kappa shape index (κ2) is 8.93. The molecule has 2 bridgehead atoms. The lowest BCUT2D eigenvalue weighted by Gasteiger charge is -2.58. The minimum Gasteiger partial charge on any atom is -0.0654 e. The van der Waals surface area contributed by atoms with E-state index in [0.717, 1.165) is 22.7 Å². The molecule has 4 fully saturated rings. The summed E-state index contributed by atoms with van der Waals surface area (Å²) in [5.74, 6) is 1.88. The molecule has 0 amide bonds. The van der Waals surface area contributed by atoms with Gasteiger partial charge in [-0.2, -0.15) is 0 Å². The number of hydrogen-bond acceptors (Lipinski definition) is 0. The van der Waals surface area contributed by atoms with Crippen molar-refractivity contribution in [2.45, 2.75) is 122 Å². The Labute approximate surface area is 174 Å².